The average molecular weight is 479 g/mol. The molecule has 3 amide bonds. The second kappa shape index (κ2) is 8.00. The van der Waals surface area contributed by atoms with Crippen molar-refractivity contribution < 1.29 is 28.3 Å². The maximum atomic E-state index is 14.3. The van der Waals surface area contributed by atoms with Crippen molar-refractivity contribution in [2.24, 2.45) is 20.0 Å². The van der Waals surface area contributed by atoms with Crippen LogP contribution in [-0.4, -0.2) is 43.6 Å². The minimum atomic E-state index is -1.65. The summed E-state index contributed by atoms with van der Waals surface area (Å²) in [5, 5.41) is 8.95. The van der Waals surface area contributed by atoms with E-state index in [4.69, 9.17) is 11.6 Å². The van der Waals surface area contributed by atoms with Gasteiger partial charge in [0.05, 0.1) is 22.6 Å². The van der Waals surface area contributed by atoms with Crippen LogP contribution in [0.4, 0.5) is 19.3 Å². The first-order valence-corrected chi connectivity index (χ1v) is 10.0. The lowest BCUT2D eigenvalue weighted by Crippen LogP contribution is -2.58. The molecule has 0 saturated carbocycles. The van der Waals surface area contributed by atoms with Crippen molar-refractivity contribution in [3.05, 3.63) is 63.0 Å². The van der Waals surface area contributed by atoms with Gasteiger partial charge >= 0.3 is 17.7 Å². The highest BCUT2D eigenvalue weighted by Crippen LogP contribution is 2.30. The molecule has 1 aliphatic heterocycles. The number of aryl methyl sites for hydroxylation is 2. The predicted molar refractivity (Wildman–Crippen MR) is 114 cm³/mol. The summed E-state index contributed by atoms with van der Waals surface area (Å²) in [6.45, 7) is -1.23. The molecule has 1 fully saturated rings. The third-order valence-electron chi connectivity index (χ3n) is 5.71. The molecule has 1 unspecified atom stereocenters. The van der Waals surface area contributed by atoms with Gasteiger partial charge < -0.3 is 5.11 Å². The van der Waals surface area contributed by atoms with Crippen LogP contribution in [0.1, 0.15) is 5.56 Å². The van der Waals surface area contributed by atoms with Crippen LogP contribution >= 0.6 is 11.6 Å². The minimum Gasteiger partial charge on any atom is -0.481 e. The maximum absolute atomic E-state index is 14.3. The van der Waals surface area contributed by atoms with E-state index < -0.39 is 59.1 Å². The first-order valence-electron chi connectivity index (χ1n) is 9.66. The van der Waals surface area contributed by atoms with Crippen LogP contribution < -0.4 is 10.6 Å². The Balaban J connectivity index is 1.79. The maximum Gasteiger partial charge on any atom is 0.331 e. The highest BCUT2D eigenvalue weighted by atomic mass is 35.5. The fraction of sp³-hybridized carbons (Fsp3) is 0.238. The van der Waals surface area contributed by atoms with Crippen molar-refractivity contribution in [3.63, 3.8) is 0 Å². The number of urea groups is 1. The topological polar surface area (TPSA) is 105 Å². The molecular formula is C21H17ClF2N4O5. The van der Waals surface area contributed by atoms with Gasteiger partial charge in [0, 0.05) is 31.9 Å². The number of nitrogens with zero attached hydrogens (tertiary/aromatic N) is 4. The van der Waals surface area contributed by atoms with Crippen molar-refractivity contribution in [2.75, 3.05) is 11.4 Å². The number of hydrogen-bond donors (Lipinski definition) is 1. The molecule has 2 aromatic carbocycles. The minimum absolute atomic E-state index is 0.225. The van der Waals surface area contributed by atoms with E-state index in [1.54, 1.807) is 13.1 Å². The molecule has 1 aromatic heterocycles. The average Bonchev–Trinajstić information content (AvgIpc) is 2.99. The number of benzene rings is 2. The van der Waals surface area contributed by atoms with E-state index in [0.717, 1.165) is 17.0 Å². The van der Waals surface area contributed by atoms with Crippen LogP contribution in [0.3, 0.4) is 0 Å². The molecule has 33 heavy (non-hydrogen) atoms. The van der Waals surface area contributed by atoms with Crippen LogP contribution in [0.2, 0.25) is 5.02 Å². The summed E-state index contributed by atoms with van der Waals surface area (Å²) in [7, 11) is 3.12. The Bertz CT molecular complexity index is 1400. The Labute approximate surface area is 190 Å². The monoisotopic (exact) mass is 478 g/mol. The molecule has 2 heterocycles. The number of amides is 3. The van der Waals surface area contributed by atoms with Gasteiger partial charge in [-0.1, -0.05) is 11.6 Å². The molecule has 0 radical (unpaired) electrons. The first kappa shape index (κ1) is 22.5. The lowest BCUT2D eigenvalue weighted by atomic mass is 10.0. The molecule has 3 aromatic rings. The summed E-state index contributed by atoms with van der Waals surface area (Å²) in [5.74, 6) is -6.11. The van der Waals surface area contributed by atoms with Crippen LogP contribution in [0.15, 0.2) is 35.1 Å². The van der Waals surface area contributed by atoms with Gasteiger partial charge in [-0.15, -0.1) is 0 Å². The molecule has 0 bridgehead atoms. The Morgan fingerprint density at radius 2 is 1.70 bits per heavy atom. The highest BCUT2D eigenvalue weighted by Gasteiger charge is 2.44. The first-order chi connectivity index (χ1) is 15.5. The largest absolute Gasteiger partial charge is 0.481 e. The van der Waals surface area contributed by atoms with E-state index >= 15 is 0 Å². The van der Waals surface area contributed by atoms with E-state index in [1.807, 2.05) is 0 Å². The van der Waals surface area contributed by atoms with Gasteiger partial charge in [0.25, 0.3) is 0 Å². The molecule has 1 atom stereocenters. The Morgan fingerprint density at radius 3 is 2.36 bits per heavy atom. The molecular weight excluding hydrogens is 462 g/mol. The van der Waals surface area contributed by atoms with Gasteiger partial charge in [0.1, 0.15) is 11.6 Å². The Kier molecular flexibility index (Phi) is 5.44. The summed E-state index contributed by atoms with van der Waals surface area (Å²) in [6, 6.07) is 5.26. The molecule has 1 aliphatic rings. The Hall–Kier alpha value is -3.73. The fourth-order valence-electron chi connectivity index (χ4n) is 3.85. The molecule has 12 heteroatoms. The summed E-state index contributed by atoms with van der Waals surface area (Å²) < 4.78 is 30.9. The van der Waals surface area contributed by atoms with Crippen LogP contribution in [0.5, 0.6) is 0 Å². The summed E-state index contributed by atoms with van der Waals surface area (Å²) >= 11 is 5.84. The molecule has 1 N–H and O–H groups in total. The number of carbonyl (C=O) groups is 3. The number of aliphatic carboxylic acids is 1. The van der Waals surface area contributed by atoms with Crippen molar-refractivity contribution >= 4 is 46.2 Å². The number of aromatic nitrogens is 2. The van der Waals surface area contributed by atoms with E-state index in [2.05, 4.69) is 0 Å². The summed E-state index contributed by atoms with van der Waals surface area (Å²) in [6.07, 6.45) is 0. The zero-order chi connectivity index (χ0) is 24.2. The fourth-order valence-corrected chi connectivity index (χ4v) is 4.06. The number of imidazole rings is 1. The van der Waals surface area contributed by atoms with Gasteiger partial charge in [-0.25, -0.2) is 18.4 Å². The third kappa shape index (κ3) is 3.54. The van der Waals surface area contributed by atoms with Crippen molar-refractivity contribution in [2.45, 2.75) is 6.54 Å². The van der Waals surface area contributed by atoms with Gasteiger partial charge in [-0.2, -0.15) is 0 Å². The quantitative estimate of drug-likeness (QED) is 0.458. The van der Waals surface area contributed by atoms with Crippen molar-refractivity contribution in [1.82, 2.24) is 14.0 Å². The van der Waals surface area contributed by atoms with E-state index in [0.29, 0.717) is 15.9 Å². The number of carboxylic acids is 1. The SMILES string of the molecule is Cn1c(=O)n(C)c2cc(N3CC(C(=O)O)C(=O)N(Cc4c(F)ccc(F)c4Cl)C3=O)ccc21. The number of halogens is 3. The van der Waals surface area contributed by atoms with Crippen molar-refractivity contribution in [1.29, 1.82) is 0 Å². The number of carbonyl (C=O) groups excluding carboxylic acids is 2. The second-order valence-electron chi connectivity index (χ2n) is 7.60. The molecule has 1 saturated heterocycles. The molecule has 9 nitrogen and oxygen atoms in total. The normalized spacial score (nSPS) is 16.7. The number of rotatable bonds is 4. The van der Waals surface area contributed by atoms with Gasteiger partial charge in [-0.05, 0) is 30.3 Å². The van der Waals surface area contributed by atoms with E-state index in [1.165, 1.54) is 28.3 Å². The number of anilines is 1. The van der Waals surface area contributed by atoms with Gasteiger partial charge in [0.15, 0.2) is 5.92 Å². The zero-order valence-electron chi connectivity index (χ0n) is 17.4. The van der Waals surface area contributed by atoms with Crippen molar-refractivity contribution in [3.8, 4) is 0 Å². The smallest absolute Gasteiger partial charge is 0.331 e. The highest BCUT2D eigenvalue weighted by molar-refractivity contribution is 6.31. The Morgan fingerprint density at radius 1 is 1.06 bits per heavy atom. The lowest BCUT2D eigenvalue weighted by Gasteiger charge is -2.37. The molecule has 172 valence electrons. The lowest BCUT2D eigenvalue weighted by molar-refractivity contribution is -0.150. The van der Waals surface area contributed by atoms with Crippen LogP contribution in [0.25, 0.3) is 11.0 Å². The molecule has 4 rings (SSSR count). The van der Waals surface area contributed by atoms with Gasteiger partial charge in [-0.3, -0.25) is 28.5 Å². The second-order valence-corrected chi connectivity index (χ2v) is 7.98. The summed E-state index contributed by atoms with van der Waals surface area (Å²) in [5.41, 5.74) is 0.520. The third-order valence-corrected chi connectivity index (χ3v) is 6.12. The number of fused-ring (bicyclic) bond motifs is 1. The predicted octanol–water partition coefficient (Wildman–Crippen LogP) is 2.48. The number of hydrogen-bond acceptors (Lipinski definition) is 4. The van der Waals surface area contributed by atoms with E-state index in [-0.39, 0.29) is 11.4 Å². The molecule has 0 aliphatic carbocycles. The standard InChI is InChI=1S/C21H17ClF2N4O5/c1-25-15-6-3-10(7-16(15)26(2)20(25)32)27-9-12(19(30)31)18(29)28(21(27)33)8-11-13(23)4-5-14(24)17(11)22/h3-7,12H,8-9H2,1-2H3,(H,30,31). The van der Waals surface area contributed by atoms with Gasteiger partial charge in [0.2, 0.25) is 5.91 Å². The molecule has 0 spiro atoms. The van der Waals surface area contributed by atoms with E-state index in [9.17, 15) is 33.1 Å². The summed E-state index contributed by atoms with van der Waals surface area (Å²) in [4.78, 5) is 51.5. The van der Waals surface area contributed by atoms with Crippen LogP contribution in [0, 0.1) is 17.6 Å². The van der Waals surface area contributed by atoms with Crippen LogP contribution in [-0.2, 0) is 30.2 Å². The number of imide groups is 1. The zero-order valence-corrected chi connectivity index (χ0v) is 18.1. The number of carboxylic acid groups (broad SMARTS) is 1.